The molecule has 0 aliphatic carbocycles. The molecule has 1 heterocycles. The lowest BCUT2D eigenvalue weighted by Gasteiger charge is -2.50. The van der Waals surface area contributed by atoms with E-state index in [2.05, 4.69) is 39.9 Å². The van der Waals surface area contributed by atoms with Crippen molar-refractivity contribution < 1.29 is 5.11 Å². The van der Waals surface area contributed by atoms with Gasteiger partial charge in [0.25, 0.3) is 0 Å². The van der Waals surface area contributed by atoms with Crippen molar-refractivity contribution in [3.8, 4) is 0 Å². The number of rotatable bonds is 2. The van der Waals surface area contributed by atoms with E-state index in [4.69, 9.17) is 0 Å². The van der Waals surface area contributed by atoms with E-state index in [1.54, 1.807) is 0 Å². The largest absolute Gasteiger partial charge is 0.390 e. The summed E-state index contributed by atoms with van der Waals surface area (Å²) in [6.07, 6.45) is 2.61. The second kappa shape index (κ2) is 3.74. The molecule has 1 fully saturated rings. The standard InChI is InChI=1S/C13H26NO/c1-7-13(6,15)10-8-11(2,3)14-12(4,5)9-10/h10,14-15H,1,7-9H2,2-6H3. The molecule has 0 aromatic carbocycles. The molecule has 0 spiro atoms. The monoisotopic (exact) mass is 212 g/mol. The fraction of sp³-hybridized carbons (Fsp3) is 0.923. The summed E-state index contributed by atoms with van der Waals surface area (Å²) in [6, 6.07) is 0. The van der Waals surface area contributed by atoms with Crippen LogP contribution in [0.5, 0.6) is 0 Å². The van der Waals surface area contributed by atoms with Crippen LogP contribution in [0.4, 0.5) is 0 Å². The molecule has 1 radical (unpaired) electrons. The van der Waals surface area contributed by atoms with E-state index in [9.17, 15) is 5.11 Å². The van der Waals surface area contributed by atoms with Crippen LogP contribution < -0.4 is 5.32 Å². The molecule has 15 heavy (non-hydrogen) atoms. The Bertz CT molecular complexity index is 215. The topological polar surface area (TPSA) is 32.3 Å². The van der Waals surface area contributed by atoms with Crippen LogP contribution >= 0.6 is 0 Å². The molecule has 0 aromatic heterocycles. The molecule has 0 amide bonds. The molecule has 1 saturated heterocycles. The Balaban J connectivity index is 2.84. The summed E-state index contributed by atoms with van der Waals surface area (Å²) in [7, 11) is 0. The normalized spacial score (nSPS) is 29.8. The van der Waals surface area contributed by atoms with E-state index in [0.717, 1.165) is 12.8 Å². The minimum Gasteiger partial charge on any atom is -0.390 e. The first-order valence-electron chi connectivity index (χ1n) is 5.89. The van der Waals surface area contributed by atoms with Crippen molar-refractivity contribution in [3.05, 3.63) is 6.92 Å². The molecule has 2 heteroatoms. The zero-order valence-electron chi connectivity index (χ0n) is 10.9. The van der Waals surface area contributed by atoms with Crippen molar-refractivity contribution in [2.45, 2.75) is 70.6 Å². The van der Waals surface area contributed by atoms with Gasteiger partial charge in [0.15, 0.2) is 0 Å². The van der Waals surface area contributed by atoms with Gasteiger partial charge in [0, 0.05) is 11.1 Å². The van der Waals surface area contributed by atoms with Gasteiger partial charge in [-0.05, 0) is 59.8 Å². The Kier molecular flexibility index (Phi) is 3.24. The second-order valence-electron chi connectivity index (χ2n) is 6.61. The van der Waals surface area contributed by atoms with Crippen molar-refractivity contribution in [2.75, 3.05) is 0 Å². The first kappa shape index (κ1) is 13.0. The Labute approximate surface area is 94.5 Å². The van der Waals surface area contributed by atoms with E-state index in [1.165, 1.54) is 0 Å². The van der Waals surface area contributed by atoms with Gasteiger partial charge in [0.1, 0.15) is 0 Å². The molecule has 1 unspecified atom stereocenters. The van der Waals surface area contributed by atoms with Gasteiger partial charge in [0.05, 0.1) is 5.60 Å². The smallest absolute Gasteiger partial charge is 0.0649 e. The Morgan fingerprint density at radius 3 is 2.00 bits per heavy atom. The van der Waals surface area contributed by atoms with E-state index >= 15 is 0 Å². The van der Waals surface area contributed by atoms with Gasteiger partial charge < -0.3 is 10.4 Å². The highest BCUT2D eigenvalue weighted by Crippen LogP contribution is 2.39. The fourth-order valence-corrected chi connectivity index (χ4v) is 2.97. The van der Waals surface area contributed by atoms with Crippen LogP contribution in [0, 0.1) is 12.8 Å². The number of piperidine rings is 1. The summed E-state index contributed by atoms with van der Waals surface area (Å²) in [5, 5.41) is 13.9. The first-order valence-corrected chi connectivity index (χ1v) is 5.89. The predicted octanol–water partition coefficient (Wildman–Crippen LogP) is 2.52. The van der Waals surface area contributed by atoms with Crippen molar-refractivity contribution in [3.63, 3.8) is 0 Å². The zero-order valence-corrected chi connectivity index (χ0v) is 10.9. The van der Waals surface area contributed by atoms with Crippen LogP contribution in [0.15, 0.2) is 0 Å². The highest BCUT2D eigenvalue weighted by Gasteiger charge is 2.43. The Hall–Kier alpha value is -0.0800. The van der Waals surface area contributed by atoms with E-state index in [1.807, 2.05) is 6.92 Å². The van der Waals surface area contributed by atoms with Crippen molar-refractivity contribution in [1.82, 2.24) is 5.32 Å². The maximum absolute atomic E-state index is 10.3. The summed E-state index contributed by atoms with van der Waals surface area (Å²) in [5.74, 6) is 0.334. The third kappa shape index (κ3) is 3.18. The van der Waals surface area contributed by atoms with Crippen molar-refractivity contribution in [2.24, 2.45) is 5.92 Å². The molecule has 2 nitrogen and oxygen atoms in total. The van der Waals surface area contributed by atoms with Crippen LogP contribution in [-0.2, 0) is 0 Å². The van der Waals surface area contributed by atoms with Gasteiger partial charge in [-0.15, -0.1) is 0 Å². The van der Waals surface area contributed by atoms with Gasteiger partial charge in [-0.3, -0.25) is 0 Å². The molecule has 0 aromatic rings. The SMILES string of the molecule is [CH2]CC(C)(O)C1CC(C)(C)NC(C)(C)C1. The van der Waals surface area contributed by atoms with Crippen LogP contribution in [0.3, 0.4) is 0 Å². The summed E-state index contributed by atoms with van der Waals surface area (Å²) in [6.45, 7) is 14.6. The molecular formula is C13H26NO. The molecule has 1 aliphatic rings. The summed E-state index contributed by atoms with van der Waals surface area (Å²) in [5.41, 5.74) is -0.423. The van der Waals surface area contributed by atoms with Crippen LogP contribution in [-0.4, -0.2) is 21.8 Å². The van der Waals surface area contributed by atoms with Crippen LogP contribution in [0.25, 0.3) is 0 Å². The molecule has 1 rings (SSSR count). The molecule has 0 saturated carbocycles. The second-order valence-corrected chi connectivity index (χ2v) is 6.61. The minimum absolute atomic E-state index is 0.103. The molecule has 1 atom stereocenters. The average molecular weight is 212 g/mol. The first-order chi connectivity index (χ1) is 6.58. The lowest BCUT2D eigenvalue weighted by atomic mass is 9.69. The maximum Gasteiger partial charge on any atom is 0.0649 e. The zero-order chi connectivity index (χ0) is 11.9. The highest BCUT2D eigenvalue weighted by atomic mass is 16.3. The van der Waals surface area contributed by atoms with Gasteiger partial charge in [0.2, 0.25) is 0 Å². The summed E-state index contributed by atoms with van der Waals surface area (Å²) < 4.78 is 0. The van der Waals surface area contributed by atoms with Gasteiger partial charge in [-0.2, -0.15) is 0 Å². The van der Waals surface area contributed by atoms with Crippen LogP contribution in [0.2, 0.25) is 0 Å². The lowest BCUT2D eigenvalue weighted by Crippen LogP contribution is -2.60. The number of aliphatic hydroxyl groups is 1. The van der Waals surface area contributed by atoms with Gasteiger partial charge in [-0.25, -0.2) is 0 Å². The Morgan fingerprint density at radius 1 is 1.27 bits per heavy atom. The number of hydrogen-bond donors (Lipinski definition) is 2. The maximum atomic E-state index is 10.3. The number of hydrogen-bond acceptors (Lipinski definition) is 2. The van der Waals surface area contributed by atoms with E-state index in [0.29, 0.717) is 12.3 Å². The van der Waals surface area contributed by atoms with E-state index < -0.39 is 5.60 Å². The average Bonchev–Trinajstić information content (AvgIpc) is 1.98. The number of nitrogens with one attached hydrogen (secondary N) is 1. The fourth-order valence-electron chi connectivity index (χ4n) is 2.97. The molecule has 2 N–H and O–H groups in total. The third-order valence-corrected chi connectivity index (χ3v) is 3.58. The lowest BCUT2D eigenvalue weighted by molar-refractivity contribution is -0.0466. The van der Waals surface area contributed by atoms with Crippen LogP contribution in [0.1, 0.15) is 53.9 Å². The quantitative estimate of drug-likeness (QED) is 0.737. The van der Waals surface area contributed by atoms with Gasteiger partial charge >= 0.3 is 0 Å². The predicted molar refractivity (Wildman–Crippen MR) is 64.6 cm³/mol. The summed E-state index contributed by atoms with van der Waals surface area (Å²) in [4.78, 5) is 0. The van der Waals surface area contributed by atoms with E-state index in [-0.39, 0.29) is 11.1 Å². The van der Waals surface area contributed by atoms with Crippen molar-refractivity contribution in [1.29, 1.82) is 0 Å². The van der Waals surface area contributed by atoms with Gasteiger partial charge in [-0.1, -0.05) is 6.92 Å². The molecule has 1 aliphatic heterocycles. The Morgan fingerprint density at radius 2 is 1.67 bits per heavy atom. The summed E-state index contributed by atoms with van der Waals surface area (Å²) >= 11 is 0. The molecular weight excluding hydrogens is 186 g/mol. The third-order valence-electron chi connectivity index (χ3n) is 3.58. The minimum atomic E-state index is -0.628. The molecule has 0 bridgehead atoms. The van der Waals surface area contributed by atoms with Crippen molar-refractivity contribution >= 4 is 0 Å². The highest BCUT2D eigenvalue weighted by molar-refractivity contribution is 5.01. The molecule has 89 valence electrons.